The molecule has 2 nitrogen and oxygen atoms in total. The predicted molar refractivity (Wildman–Crippen MR) is 54.8 cm³/mol. The largest absolute Gasteiger partial charge is 0.415 e. The van der Waals surface area contributed by atoms with E-state index in [1.807, 2.05) is 18.2 Å². The number of aliphatic hydroxyl groups excluding tert-OH is 1. The number of rotatable bonds is 4. The molecule has 0 radical (unpaired) electrons. The quantitative estimate of drug-likeness (QED) is 0.834. The summed E-state index contributed by atoms with van der Waals surface area (Å²) in [6, 6.07) is 8.03. The van der Waals surface area contributed by atoms with Crippen LogP contribution in [0.25, 0.3) is 0 Å². The molecular weight excluding hydrogens is 219 g/mol. The zero-order valence-corrected chi connectivity index (χ0v) is 8.83. The smallest absolute Gasteiger partial charge is 0.382 e. The molecule has 1 aromatic carbocycles. The van der Waals surface area contributed by atoms with Crippen molar-refractivity contribution in [1.29, 1.82) is 0 Å². The summed E-state index contributed by atoms with van der Waals surface area (Å²) >= 11 is 0. The average molecular weight is 233 g/mol. The van der Waals surface area contributed by atoms with Crippen molar-refractivity contribution in [2.45, 2.75) is 31.8 Å². The highest BCUT2D eigenvalue weighted by atomic mass is 19.4. The van der Waals surface area contributed by atoms with Crippen LogP contribution in [0.4, 0.5) is 13.2 Å². The van der Waals surface area contributed by atoms with Crippen molar-refractivity contribution in [3.63, 3.8) is 0 Å². The third kappa shape index (κ3) is 3.83. The number of halogens is 3. The van der Waals surface area contributed by atoms with E-state index in [1.54, 1.807) is 12.1 Å². The SMILES string of the molecule is C[C@@H](NCc1ccccc1)[C@H](O)C(F)(F)F. The van der Waals surface area contributed by atoms with E-state index >= 15 is 0 Å². The van der Waals surface area contributed by atoms with Crippen molar-refractivity contribution in [1.82, 2.24) is 5.32 Å². The van der Waals surface area contributed by atoms with Gasteiger partial charge in [0.2, 0.25) is 0 Å². The summed E-state index contributed by atoms with van der Waals surface area (Å²) in [5, 5.41) is 11.6. The highest BCUT2D eigenvalue weighted by molar-refractivity contribution is 5.14. The summed E-state index contributed by atoms with van der Waals surface area (Å²) in [5.74, 6) is 0. The first-order valence-electron chi connectivity index (χ1n) is 4.93. The Morgan fingerprint density at radius 1 is 1.25 bits per heavy atom. The summed E-state index contributed by atoms with van der Waals surface area (Å²) in [6.07, 6.45) is -6.92. The van der Waals surface area contributed by atoms with Crippen molar-refractivity contribution in [3.8, 4) is 0 Å². The summed E-state index contributed by atoms with van der Waals surface area (Å²) in [6.45, 7) is 1.61. The minimum atomic E-state index is -4.58. The van der Waals surface area contributed by atoms with Crippen molar-refractivity contribution in [2.75, 3.05) is 0 Å². The number of hydrogen-bond acceptors (Lipinski definition) is 2. The van der Waals surface area contributed by atoms with Crippen LogP contribution in [0.3, 0.4) is 0 Å². The van der Waals surface area contributed by atoms with Crippen molar-refractivity contribution in [2.24, 2.45) is 0 Å². The van der Waals surface area contributed by atoms with Crippen LogP contribution >= 0.6 is 0 Å². The van der Waals surface area contributed by atoms with E-state index < -0.39 is 18.3 Å². The van der Waals surface area contributed by atoms with Gasteiger partial charge >= 0.3 is 6.18 Å². The van der Waals surface area contributed by atoms with Crippen LogP contribution in [-0.2, 0) is 6.54 Å². The Kier molecular flexibility index (Phi) is 4.32. The van der Waals surface area contributed by atoms with Gasteiger partial charge in [-0.25, -0.2) is 0 Å². The van der Waals surface area contributed by atoms with Crippen LogP contribution in [0.5, 0.6) is 0 Å². The van der Waals surface area contributed by atoms with Gasteiger partial charge in [0.25, 0.3) is 0 Å². The third-order valence-electron chi connectivity index (χ3n) is 2.28. The van der Waals surface area contributed by atoms with E-state index in [0.29, 0.717) is 6.54 Å². The van der Waals surface area contributed by atoms with E-state index in [4.69, 9.17) is 5.11 Å². The van der Waals surface area contributed by atoms with Crippen LogP contribution < -0.4 is 5.32 Å². The number of hydrogen-bond donors (Lipinski definition) is 2. The Morgan fingerprint density at radius 3 is 2.31 bits per heavy atom. The second-order valence-corrected chi connectivity index (χ2v) is 3.64. The highest BCUT2D eigenvalue weighted by Crippen LogP contribution is 2.22. The Hall–Kier alpha value is -1.07. The first-order valence-corrected chi connectivity index (χ1v) is 4.93. The fourth-order valence-corrected chi connectivity index (χ4v) is 1.27. The van der Waals surface area contributed by atoms with Crippen LogP contribution in [0.2, 0.25) is 0 Å². The average Bonchev–Trinajstić information content (AvgIpc) is 2.25. The molecule has 0 unspecified atom stereocenters. The molecule has 16 heavy (non-hydrogen) atoms. The van der Waals surface area contributed by atoms with E-state index in [1.165, 1.54) is 6.92 Å². The van der Waals surface area contributed by atoms with E-state index in [-0.39, 0.29) is 0 Å². The molecule has 0 bridgehead atoms. The molecule has 0 aromatic heterocycles. The Bertz CT molecular complexity index is 313. The second kappa shape index (κ2) is 5.32. The lowest BCUT2D eigenvalue weighted by Crippen LogP contribution is -2.45. The van der Waals surface area contributed by atoms with Crippen LogP contribution in [0.1, 0.15) is 12.5 Å². The van der Waals surface area contributed by atoms with E-state index in [2.05, 4.69) is 5.32 Å². The highest BCUT2D eigenvalue weighted by Gasteiger charge is 2.41. The number of benzene rings is 1. The van der Waals surface area contributed by atoms with Gasteiger partial charge in [-0.3, -0.25) is 0 Å². The number of nitrogens with one attached hydrogen (secondary N) is 1. The maximum absolute atomic E-state index is 12.1. The predicted octanol–water partition coefficient (Wildman–Crippen LogP) is 2.09. The van der Waals surface area contributed by atoms with Crippen molar-refractivity contribution >= 4 is 0 Å². The van der Waals surface area contributed by atoms with E-state index in [0.717, 1.165) is 5.56 Å². The minimum absolute atomic E-state index is 0.301. The van der Waals surface area contributed by atoms with Gasteiger partial charge < -0.3 is 10.4 Å². The molecule has 0 aliphatic rings. The van der Waals surface area contributed by atoms with Crippen LogP contribution in [-0.4, -0.2) is 23.4 Å². The van der Waals surface area contributed by atoms with Crippen molar-refractivity contribution < 1.29 is 18.3 Å². The summed E-state index contributed by atoms with van der Waals surface area (Å²) in [7, 11) is 0. The topological polar surface area (TPSA) is 32.3 Å². The lowest BCUT2D eigenvalue weighted by molar-refractivity contribution is -0.210. The van der Waals surface area contributed by atoms with Gasteiger partial charge in [-0.15, -0.1) is 0 Å². The molecule has 1 aromatic rings. The molecular formula is C11H14F3NO. The first-order chi connectivity index (χ1) is 7.41. The Labute approximate surface area is 92.1 Å². The second-order valence-electron chi connectivity index (χ2n) is 3.64. The normalized spacial score (nSPS) is 15.8. The van der Waals surface area contributed by atoms with Gasteiger partial charge in [0.05, 0.1) is 0 Å². The molecule has 0 spiro atoms. The van der Waals surface area contributed by atoms with Gasteiger partial charge in [-0.05, 0) is 12.5 Å². The van der Waals surface area contributed by atoms with E-state index in [9.17, 15) is 13.2 Å². The maximum atomic E-state index is 12.1. The molecule has 0 saturated heterocycles. The van der Waals surface area contributed by atoms with Gasteiger partial charge in [0.15, 0.2) is 6.10 Å². The van der Waals surface area contributed by atoms with Gasteiger partial charge in [0, 0.05) is 12.6 Å². The van der Waals surface area contributed by atoms with Gasteiger partial charge in [0.1, 0.15) is 0 Å². The zero-order chi connectivity index (χ0) is 12.2. The Morgan fingerprint density at radius 2 is 1.81 bits per heavy atom. The molecule has 0 saturated carbocycles. The van der Waals surface area contributed by atoms with Gasteiger partial charge in [-0.2, -0.15) is 13.2 Å². The monoisotopic (exact) mass is 233 g/mol. The molecule has 0 fully saturated rings. The lowest BCUT2D eigenvalue weighted by Gasteiger charge is -2.22. The summed E-state index contributed by atoms with van der Waals surface area (Å²) in [4.78, 5) is 0. The molecule has 0 aliphatic heterocycles. The fourth-order valence-electron chi connectivity index (χ4n) is 1.27. The molecule has 0 amide bonds. The fraction of sp³-hybridized carbons (Fsp3) is 0.455. The van der Waals surface area contributed by atoms with Gasteiger partial charge in [-0.1, -0.05) is 30.3 Å². The van der Waals surface area contributed by atoms with Crippen molar-refractivity contribution in [3.05, 3.63) is 35.9 Å². The Balaban J connectivity index is 2.44. The molecule has 2 N–H and O–H groups in total. The molecule has 0 aliphatic carbocycles. The lowest BCUT2D eigenvalue weighted by atomic mass is 10.1. The summed E-state index contributed by atoms with van der Waals surface area (Å²) < 4.78 is 36.4. The number of aliphatic hydroxyl groups is 1. The molecule has 0 heterocycles. The summed E-state index contributed by atoms with van der Waals surface area (Å²) in [5.41, 5.74) is 0.878. The zero-order valence-electron chi connectivity index (χ0n) is 8.83. The molecule has 2 atom stereocenters. The molecule has 90 valence electrons. The maximum Gasteiger partial charge on any atom is 0.415 e. The van der Waals surface area contributed by atoms with Crippen LogP contribution in [0.15, 0.2) is 30.3 Å². The number of alkyl halides is 3. The standard InChI is InChI=1S/C11H14F3NO/c1-8(10(16)11(12,13)14)15-7-9-5-3-2-4-6-9/h2-6,8,10,15-16H,7H2,1H3/t8-,10+/m1/s1. The third-order valence-corrected chi connectivity index (χ3v) is 2.28. The first kappa shape index (κ1) is 13.0. The molecule has 5 heteroatoms. The van der Waals surface area contributed by atoms with Crippen LogP contribution in [0, 0.1) is 0 Å². The molecule has 1 rings (SSSR count). The minimum Gasteiger partial charge on any atom is -0.382 e.